The number of methoxy groups -OCH3 is 2. The normalized spacial score (nSPS) is 18.1. The van der Waals surface area contributed by atoms with E-state index in [9.17, 15) is 9.59 Å². The van der Waals surface area contributed by atoms with Crippen LogP contribution in [0.2, 0.25) is 0 Å². The number of morpholine rings is 1. The summed E-state index contributed by atoms with van der Waals surface area (Å²) in [5, 5.41) is 4.02. The third-order valence-corrected chi connectivity index (χ3v) is 6.10. The number of benzene rings is 1. The molecule has 0 aliphatic carbocycles. The molecule has 2 fully saturated rings. The Bertz CT molecular complexity index is 981. The monoisotopic (exact) mass is 473 g/mol. The Kier molecular flexibility index (Phi) is 8.02. The predicted octanol–water partition coefficient (Wildman–Crippen LogP) is 2.23. The molecule has 0 saturated carbocycles. The van der Waals surface area contributed by atoms with Gasteiger partial charge in [0.05, 0.1) is 39.1 Å². The van der Waals surface area contributed by atoms with Crippen LogP contribution < -0.4 is 9.47 Å². The predicted molar refractivity (Wildman–Crippen MR) is 122 cm³/mol. The number of nitrogens with zero attached hydrogens (tertiary/aromatic N) is 3. The van der Waals surface area contributed by atoms with Gasteiger partial charge in [-0.2, -0.15) is 0 Å². The molecule has 1 unspecified atom stereocenters. The smallest absolute Gasteiger partial charge is 0.276 e. The van der Waals surface area contributed by atoms with Gasteiger partial charge in [-0.1, -0.05) is 5.16 Å². The molecule has 2 aliphatic heterocycles. The molecular formula is C24H31N3O7. The fourth-order valence-electron chi connectivity index (χ4n) is 4.18. The van der Waals surface area contributed by atoms with Gasteiger partial charge in [0, 0.05) is 45.3 Å². The third-order valence-electron chi connectivity index (χ3n) is 6.10. The molecule has 10 heteroatoms. The lowest BCUT2D eigenvalue weighted by Crippen LogP contribution is -2.44. The zero-order valence-electron chi connectivity index (χ0n) is 19.7. The molecule has 4 rings (SSSR count). The summed E-state index contributed by atoms with van der Waals surface area (Å²) >= 11 is 0. The Morgan fingerprint density at radius 3 is 2.68 bits per heavy atom. The van der Waals surface area contributed by atoms with Crippen molar-refractivity contribution in [3.8, 4) is 22.8 Å². The van der Waals surface area contributed by atoms with E-state index in [-0.39, 0.29) is 36.6 Å². The lowest BCUT2D eigenvalue weighted by molar-refractivity contribution is -0.135. The van der Waals surface area contributed by atoms with E-state index in [1.165, 1.54) is 0 Å². The molecule has 0 spiro atoms. The fraction of sp³-hybridized carbons (Fsp3) is 0.542. The van der Waals surface area contributed by atoms with Crippen LogP contribution in [0.5, 0.6) is 11.5 Å². The average molecular weight is 474 g/mol. The zero-order valence-corrected chi connectivity index (χ0v) is 19.7. The number of aromatic nitrogens is 1. The first-order valence-corrected chi connectivity index (χ1v) is 11.5. The summed E-state index contributed by atoms with van der Waals surface area (Å²) < 4.78 is 27.3. The number of hydrogen-bond donors (Lipinski definition) is 0. The van der Waals surface area contributed by atoms with Gasteiger partial charge in [0.25, 0.3) is 5.91 Å². The molecule has 1 aromatic heterocycles. The lowest BCUT2D eigenvalue weighted by Gasteiger charge is -2.29. The van der Waals surface area contributed by atoms with Crippen LogP contribution in [0.1, 0.15) is 29.8 Å². The maximum absolute atomic E-state index is 13.4. The summed E-state index contributed by atoms with van der Waals surface area (Å²) in [7, 11) is 3.13. The van der Waals surface area contributed by atoms with E-state index in [4.69, 9.17) is 23.5 Å². The molecule has 0 N–H and O–H groups in total. The van der Waals surface area contributed by atoms with Gasteiger partial charge < -0.3 is 33.3 Å². The van der Waals surface area contributed by atoms with Crippen molar-refractivity contribution in [2.24, 2.45) is 0 Å². The van der Waals surface area contributed by atoms with E-state index >= 15 is 0 Å². The maximum Gasteiger partial charge on any atom is 0.276 e. The summed E-state index contributed by atoms with van der Waals surface area (Å²) in [5.74, 6) is 1.29. The van der Waals surface area contributed by atoms with E-state index in [2.05, 4.69) is 5.16 Å². The van der Waals surface area contributed by atoms with Gasteiger partial charge in [0.1, 0.15) is 11.5 Å². The van der Waals surface area contributed by atoms with Crippen molar-refractivity contribution in [2.45, 2.75) is 25.4 Å². The van der Waals surface area contributed by atoms with Crippen LogP contribution in [-0.4, -0.2) is 93.1 Å². The molecule has 2 aromatic rings. The molecule has 3 heterocycles. The maximum atomic E-state index is 13.4. The quantitative estimate of drug-likeness (QED) is 0.546. The minimum atomic E-state index is -0.304. The molecule has 184 valence electrons. The highest BCUT2D eigenvalue weighted by molar-refractivity contribution is 5.93. The van der Waals surface area contributed by atoms with Gasteiger partial charge in [-0.3, -0.25) is 9.59 Å². The molecule has 10 nitrogen and oxygen atoms in total. The zero-order chi connectivity index (χ0) is 23.9. The second-order valence-corrected chi connectivity index (χ2v) is 8.27. The highest BCUT2D eigenvalue weighted by Gasteiger charge is 2.27. The van der Waals surface area contributed by atoms with Crippen molar-refractivity contribution >= 4 is 11.8 Å². The molecule has 2 aliphatic rings. The van der Waals surface area contributed by atoms with Crippen LogP contribution in [0.25, 0.3) is 11.3 Å². The third kappa shape index (κ3) is 5.68. The second kappa shape index (κ2) is 11.3. The fourth-order valence-corrected chi connectivity index (χ4v) is 4.18. The molecule has 0 radical (unpaired) electrons. The van der Waals surface area contributed by atoms with E-state index in [1.807, 2.05) is 0 Å². The number of hydrogen-bond acceptors (Lipinski definition) is 8. The van der Waals surface area contributed by atoms with Crippen LogP contribution >= 0.6 is 0 Å². The van der Waals surface area contributed by atoms with Crippen LogP contribution in [0.3, 0.4) is 0 Å². The summed E-state index contributed by atoms with van der Waals surface area (Å²) in [4.78, 5) is 29.5. The first-order valence-electron chi connectivity index (χ1n) is 11.5. The molecule has 1 aromatic carbocycles. The van der Waals surface area contributed by atoms with Crippen molar-refractivity contribution in [1.29, 1.82) is 0 Å². The number of ether oxygens (including phenoxy) is 4. The van der Waals surface area contributed by atoms with Crippen LogP contribution in [0.15, 0.2) is 28.8 Å². The van der Waals surface area contributed by atoms with Gasteiger partial charge in [-0.05, 0) is 31.0 Å². The molecule has 2 saturated heterocycles. The van der Waals surface area contributed by atoms with Crippen LogP contribution in [0.4, 0.5) is 0 Å². The number of carbonyl (C=O) groups excluding carboxylic acids is 2. The summed E-state index contributed by atoms with van der Waals surface area (Å²) in [5.41, 5.74) is 0.790. The summed E-state index contributed by atoms with van der Waals surface area (Å²) in [6.45, 7) is 3.60. The van der Waals surface area contributed by atoms with E-state index in [1.54, 1.807) is 48.3 Å². The number of amides is 2. The summed E-state index contributed by atoms with van der Waals surface area (Å²) in [6.07, 6.45) is 2.02. The van der Waals surface area contributed by atoms with Gasteiger partial charge in [-0.25, -0.2) is 0 Å². The van der Waals surface area contributed by atoms with E-state index in [0.717, 1.165) is 12.8 Å². The van der Waals surface area contributed by atoms with Gasteiger partial charge in [0.15, 0.2) is 11.5 Å². The Morgan fingerprint density at radius 1 is 1.15 bits per heavy atom. The van der Waals surface area contributed by atoms with Crippen LogP contribution in [0, 0.1) is 0 Å². The first kappa shape index (κ1) is 24.0. The summed E-state index contributed by atoms with van der Waals surface area (Å²) in [6, 6.07) is 6.89. The molecule has 34 heavy (non-hydrogen) atoms. The Labute approximate surface area is 198 Å². The van der Waals surface area contributed by atoms with E-state index in [0.29, 0.717) is 62.3 Å². The SMILES string of the molecule is COc1ccc(OC)c(-c2cc(C(=O)N(CCC(=O)N3CCOCC3)CC3CCCO3)no2)c1. The highest BCUT2D eigenvalue weighted by Crippen LogP contribution is 2.34. The van der Waals surface area contributed by atoms with Gasteiger partial charge >= 0.3 is 0 Å². The first-order chi connectivity index (χ1) is 16.6. The standard InChI is InChI=1S/C24H31N3O7/c1-30-17-5-6-21(31-2)19(14-17)22-15-20(25-34-22)24(29)27(16-18-4-3-11-33-18)8-7-23(28)26-9-12-32-13-10-26/h5-6,14-15,18H,3-4,7-13,16H2,1-2H3. The van der Waals surface area contributed by atoms with Crippen molar-refractivity contribution in [3.05, 3.63) is 30.0 Å². The minimum Gasteiger partial charge on any atom is -0.497 e. The van der Waals surface area contributed by atoms with Crippen molar-refractivity contribution in [1.82, 2.24) is 15.0 Å². The second-order valence-electron chi connectivity index (χ2n) is 8.27. The Hall–Kier alpha value is -3.11. The number of rotatable bonds is 9. The lowest BCUT2D eigenvalue weighted by atomic mass is 10.1. The minimum absolute atomic E-state index is 0.00963. The molecule has 1 atom stereocenters. The van der Waals surface area contributed by atoms with E-state index < -0.39 is 0 Å². The highest BCUT2D eigenvalue weighted by atomic mass is 16.5. The molecule has 2 amide bonds. The van der Waals surface area contributed by atoms with Crippen molar-refractivity contribution in [3.63, 3.8) is 0 Å². The topological polar surface area (TPSA) is 104 Å². The molecular weight excluding hydrogens is 442 g/mol. The van der Waals surface area contributed by atoms with Crippen molar-refractivity contribution in [2.75, 3.05) is 60.2 Å². The average Bonchev–Trinajstić information content (AvgIpc) is 3.58. The Morgan fingerprint density at radius 2 is 1.97 bits per heavy atom. The molecule has 0 bridgehead atoms. The van der Waals surface area contributed by atoms with Crippen molar-refractivity contribution < 1.29 is 33.1 Å². The van der Waals surface area contributed by atoms with Gasteiger partial charge in [0.2, 0.25) is 5.91 Å². The Balaban J connectivity index is 1.49. The number of carbonyl (C=O) groups is 2. The van der Waals surface area contributed by atoms with Gasteiger partial charge in [-0.15, -0.1) is 0 Å². The van der Waals surface area contributed by atoms with Crippen LogP contribution in [-0.2, 0) is 14.3 Å². The largest absolute Gasteiger partial charge is 0.497 e.